The molecule has 6 rings (SSSR count). The number of nitrogens with zero attached hydrogens (tertiary/aromatic N) is 4. The minimum atomic E-state index is 0.118. The zero-order chi connectivity index (χ0) is 23.8. The molecule has 180 valence electrons. The molecule has 0 spiro atoms. The SMILES string of the molecule is COc1ccc([C@H]2CC(=O)c3cnc(N4CCN(Cc5ccc6c(c5)OCO6)CC4)nc3C2)cc1. The molecule has 1 atom stereocenters. The number of ketones is 1. The number of hydrogen-bond donors (Lipinski definition) is 0. The van der Waals surface area contributed by atoms with Gasteiger partial charge in [-0.05, 0) is 47.7 Å². The number of hydrogen-bond acceptors (Lipinski definition) is 8. The van der Waals surface area contributed by atoms with Crippen molar-refractivity contribution >= 4 is 11.7 Å². The topological polar surface area (TPSA) is 77.0 Å². The molecule has 3 aromatic rings. The average molecular weight is 473 g/mol. The lowest BCUT2D eigenvalue weighted by atomic mass is 9.82. The second kappa shape index (κ2) is 9.19. The maximum absolute atomic E-state index is 12.8. The van der Waals surface area contributed by atoms with Crippen LogP contribution in [0, 0.1) is 0 Å². The van der Waals surface area contributed by atoms with Crippen LogP contribution in [0.2, 0.25) is 0 Å². The highest BCUT2D eigenvalue weighted by Gasteiger charge is 2.29. The average Bonchev–Trinajstić information content (AvgIpc) is 3.37. The fraction of sp³-hybridized carbons (Fsp3) is 0.370. The summed E-state index contributed by atoms with van der Waals surface area (Å²) in [7, 11) is 1.66. The molecule has 1 fully saturated rings. The van der Waals surface area contributed by atoms with Crippen molar-refractivity contribution in [1.29, 1.82) is 0 Å². The van der Waals surface area contributed by atoms with E-state index in [1.165, 1.54) is 5.56 Å². The fourth-order valence-electron chi connectivity index (χ4n) is 5.10. The molecule has 35 heavy (non-hydrogen) atoms. The van der Waals surface area contributed by atoms with Crippen LogP contribution >= 0.6 is 0 Å². The lowest BCUT2D eigenvalue weighted by Crippen LogP contribution is -2.46. The molecule has 0 saturated carbocycles. The van der Waals surface area contributed by atoms with Gasteiger partial charge in [0, 0.05) is 45.3 Å². The van der Waals surface area contributed by atoms with Crippen molar-refractivity contribution in [2.75, 3.05) is 45.0 Å². The molecule has 8 heteroatoms. The first-order valence-corrected chi connectivity index (χ1v) is 12.0. The second-order valence-electron chi connectivity index (χ2n) is 9.28. The van der Waals surface area contributed by atoms with Crippen LogP contribution in [0.15, 0.2) is 48.7 Å². The summed E-state index contributed by atoms with van der Waals surface area (Å²) in [5.74, 6) is 3.42. The zero-order valence-electron chi connectivity index (χ0n) is 19.8. The summed E-state index contributed by atoms with van der Waals surface area (Å²) in [6.45, 7) is 4.70. The normalized spacial score (nSPS) is 19.5. The van der Waals surface area contributed by atoms with E-state index in [4.69, 9.17) is 19.2 Å². The lowest BCUT2D eigenvalue weighted by molar-refractivity contribution is 0.0962. The quantitative estimate of drug-likeness (QED) is 0.559. The summed E-state index contributed by atoms with van der Waals surface area (Å²) < 4.78 is 16.2. The van der Waals surface area contributed by atoms with Crippen molar-refractivity contribution in [2.24, 2.45) is 0 Å². The molecule has 0 amide bonds. The zero-order valence-corrected chi connectivity index (χ0v) is 19.8. The molecular weight excluding hydrogens is 444 g/mol. The highest BCUT2D eigenvalue weighted by Crippen LogP contribution is 2.34. The van der Waals surface area contributed by atoms with Gasteiger partial charge >= 0.3 is 0 Å². The number of benzene rings is 2. The van der Waals surface area contributed by atoms with Gasteiger partial charge < -0.3 is 19.1 Å². The standard InChI is InChI=1S/C27H28N4O4/c1-33-21-5-3-19(4-6-21)20-13-23-22(24(32)14-20)15-28-27(29-23)31-10-8-30(9-11-31)16-18-2-7-25-26(12-18)35-17-34-25/h2-7,12,15,20H,8-11,13-14,16-17H2,1H3/t20-/m1/s1. The molecule has 1 aliphatic carbocycles. The van der Waals surface area contributed by atoms with Gasteiger partial charge in [-0.1, -0.05) is 18.2 Å². The van der Waals surface area contributed by atoms with Crippen LogP contribution in [-0.4, -0.2) is 60.7 Å². The van der Waals surface area contributed by atoms with Crippen molar-refractivity contribution < 1.29 is 19.0 Å². The lowest BCUT2D eigenvalue weighted by Gasteiger charge is -2.35. The Labute approximate surface area is 204 Å². The smallest absolute Gasteiger partial charge is 0.231 e. The number of piperazine rings is 1. The van der Waals surface area contributed by atoms with E-state index in [0.717, 1.165) is 73.6 Å². The first-order chi connectivity index (χ1) is 17.2. The van der Waals surface area contributed by atoms with Gasteiger partial charge in [-0.3, -0.25) is 9.69 Å². The first-order valence-electron chi connectivity index (χ1n) is 12.0. The van der Waals surface area contributed by atoms with Crippen molar-refractivity contribution in [3.63, 3.8) is 0 Å². The van der Waals surface area contributed by atoms with Crippen molar-refractivity contribution in [3.05, 3.63) is 71.0 Å². The predicted molar refractivity (Wildman–Crippen MR) is 130 cm³/mol. The van der Waals surface area contributed by atoms with Crippen molar-refractivity contribution in [2.45, 2.75) is 25.3 Å². The summed E-state index contributed by atoms with van der Waals surface area (Å²) in [6, 6.07) is 14.1. The molecule has 2 aromatic carbocycles. The molecule has 8 nitrogen and oxygen atoms in total. The molecule has 3 heterocycles. The van der Waals surface area contributed by atoms with Gasteiger partial charge in [0.2, 0.25) is 12.7 Å². The maximum atomic E-state index is 12.8. The Morgan fingerprint density at radius 1 is 1.00 bits per heavy atom. The summed E-state index contributed by atoms with van der Waals surface area (Å²) in [5.41, 5.74) is 3.88. The van der Waals surface area contributed by atoms with E-state index < -0.39 is 0 Å². The second-order valence-corrected chi connectivity index (χ2v) is 9.28. The third-order valence-electron chi connectivity index (χ3n) is 7.11. The van der Waals surface area contributed by atoms with Crippen molar-refractivity contribution in [1.82, 2.24) is 14.9 Å². The monoisotopic (exact) mass is 472 g/mol. The third kappa shape index (κ3) is 4.41. The van der Waals surface area contributed by atoms with Crippen molar-refractivity contribution in [3.8, 4) is 17.2 Å². The van der Waals surface area contributed by atoms with E-state index in [0.29, 0.717) is 18.8 Å². The summed E-state index contributed by atoms with van der Waals surface area (Å²) >= 11 is 0. The van der Waals surface area contributed by atoms with E-state index in [1.807, 2.05) is 30.3 Å². The Bertz CT molecular complexity index is 1240. The number of fused-ring (bicyclic) bond motifs is 2. The van der Waals surface area contributed by atoms with Gasteiger partial charge in [0.1, 0.15) is 5.75 Å². The van der Waals surface area contributed by atoms with Crippen LogP contribution in [0.5, 0.6) is 17.2 Å². The Balaban J connectivity index is 1.11. The van der Waals surface area contributed by atoms with Gasteiger partial charge in [0.25, 0.3) is 0 Å². The number of carbonyl (C=O) groups is 1. The molecule has 0 N–H and O–H groups in total. The predicted octanol–water partition coefficient (Wildman–Crippen LogP) is 3.45. The Morgan fingerprint density at radius 2 is 1.80 bits per heavy atom. The minimum absolute atomic E-state index is 0.118. The Kier molecular flexibility index (Phi) is 5.74. The molecule has 2 aliphatic heterocycles. The van der Waals surface area contributed by atoms with E-state index in [1.54, 1.807) is 13.3 Å². The number of carbonyl (C=O) groups excluding carboxylic acids is 1. The fourth-order valence-corrected chi connectivity index (χ4v) is 5.10. The van der Waals surface area contributed by atoms with Gasteiger partial charge in [0.15, 0.2) is 17.3 Å². The summed E-state index contributed by atoms with van der Waals surface area (Å²) in [5, 5.41) is 0. The summed E-state index contributed by atoms with van der Waals surface area (Å²) in [6.07, 6.45) is 2.96. The van der Waals surface area contributed by atoms with Gasteiger partial charge in [-0.25, -0.2) is 9.97 Å². The molecule has 1 saturated heterocycles. The Morgan fingerprint density at radius 3 is 2.60 bits per heavy atom. The van der Waals surface area contributed by atoms with Gasteiger partial charge in [-0.15, -0.1) is 0 Å². The number of anilines is 1. The number of aromatic nitrogens is 2. The summed E-state index contributed by atoms with van der Waals surface area (Å²) in [4.78, 5) is 26.9. The molecule has 0 bridgehead atoms. The van der Waals surface area contributed by atoms with E-state index in [2.05, 4.69) is 26.9 Å². The van der Waals surface area contributed by atoms with Crippen LogP contribution in [0.3, 0.4) is 0 Å². The van der Waals surface area contributed by atoms with E-state index >= 15 is 0 Å². The highest BCUT2D eigenvalue weighted by atomic mass is 16.7. The first kappa shape index (κ1) is 21.9. The highest BCUT2D eigenvalue weighted by molar-refractivity contribution is 5.98. The number of rotatable bonds is 5. The Hall–Kier alpha value is -3.65. The van der Waals surface area contributed by atoms with Crippen LogP contribution < -0.4 is 19.1 Å². The molecule has 0 radical (unpaired) electrons. The molecule has 3 aliphatic rings. The van der Waals surface area contributed by atoms with Crippen LogP contribution in [0.1, 0.15) is 39.5 Å². The number of ether oxygens (including phenoxy) is 3. The van der Waals surface area contributed by atoms with Crippen LogP contribution in [0.4, 0.5) is 5.95 Å². The maximum Gasteiger partial charge on any atom is 0.231 e. The largest absolute Gasteiger partial charge is 0.497 e. The number of methoxy groups -OCH3 is 1. The van der Waals surface area contributed by atoms with Gasteiger partial charge in [0.05, 0.1) is 18.4 Å². The van der Waals surface area contributed by atoms with E-state index in [9.17, 15) is 4.79 Å². The van der Waals surface area contributed by atoms with E-state index in [-0.39, 0.29) is 11.7 Å². The van der Waals surface area contributed by atoms with Crippen LogP contribution in [0.25, 0.3) is 0 Å². The molecule has 1 aromatic heterocycles. The minimum Gasteiger partial charge on any atom is -0.497 e. The molecular formula is C27H28N4O4. The van der Waals surface area contributed by atoms with Gasteiger partial charge in [-0.2, -0.15) is 0 Å². The number of Topliss-reactive ketones (excluding diaryl/α,β-unsaturated/α-hetero) is 1. The van der Waals surface area contributed by atoms with Crippen LogP contribution in [-0.2, 0) is 13.0 Å². The third-order valence-corrected chi connectivity index (χ3v) is 7.11. The molecule has 0 unspecified atom stereocenters.